The first-order valence-corrected chi connectivity index (χ1v) is 5.69. The van der Waals surface area contributed by atoms with Crippen molar-refractivity contribution >= 4 is 27.5 Å². The molecule has 1 heterocycles. The molecule has 0 aromatic heterocycles. The summed E-state index contributed by atoms with van der Waals surface area (Å²) in [5.74, 6) is 0.0426. The molecule has 1 aromatic carbocycles. The molecule has 1 aliphatic rings. The maximum atomic E-state index is 11.9. The summed E-state index contributed by atoms with van der Waals surface area (Å²) in [6, 6.07) is 5.83. The number of amides is 1. The highest BCUT2D eigenvalue weighted by atomic mass is 79.9. The van der Waals surface area contributed by atoms with Gasteiger partial charge in [0, 0.05) is 10.2 Å². The predicted octanol–water partition coefficient (Wildman–Crippen LogP) is 2.01. The van der Waals surface area contributed by atoms with Crippen LogP contribution in [0.5, 0.6) is 0 Å². The molecular formula is C11H13BrN2O. The first-order valence-electron chi connectivity index (χ1n) is 4.89. The number of carbonyl (C=O) groups is 1. The van der Waals surface area contributed by atoms with Gasteiger partial charge in [0.1, 0.15) is 0 Å². The van der Waals surface area contributed by atoms with Crippen LogP contribution in [0.1, 0.15) is 18.9 Å². The lowest BCUT2D eigenvalue weighted by Gasteiger charge is -2.21. The van der Waals surface area contributed by atoms with Crippen LogP contribution in [0, 0.1) is 0 Å². The van der Waals surface area contributed by atoms with Crippen molar-refractivity contribution in [2.75, 3.05) is 11.9 Å². The third-order valence-electron chi connectivity index (χ3n) is 2.97. The van der Waals surface area contributed by atoms with Crippen molar-refractivity contribution in [3.63, 3.8) is 0 Å². The highest BCUT2D eigenvalue weighted by Gasteiger charge is 2.41. The van der Waals surface area contributed by atoms with E-state index in [4.69, 9.17) is 5.73 Å². The molecule has 1 atom stereocenters. The van der Waals surface area contributed by atoms with E-state index in [2.05, 4.69) is 21.2 Å². The number of halogens is 1. The van der Waals surface area contributed by atoms with Gasteiger partial charge in [-0.3, -0.25) is 4.79 Å². The van der Waals surface area contributed by atoms with Gasteiger partial charge in [0.25, 0.3) is 0 Å². The second-order valence-electron chi connectivity index (χ2n) is 4.01. The van der Waals surface area contributed by atoms with Crippen molar-refractivity contribution in [1.82, 2.24) is 0 Å². The topological polar surface area (TPSA) is 55.1 Å². The van der Waals surface area contributed by atoms with Crippen LogP contribution >= 0.6 is 15.9 Å². The quantitative estimate of drug-likeness (QED) is 0.862. The van der Waals surface area contributed by atoms with E-state index in [9.17, 15) is 4.79 Å². The molecule has 0 saturated carbocycles. The molecular weight excluding hydrogens is 256 g/mol. The van der Waals surface area contributed by atoms with Crippen molar-refractivity contribution in [3.8, 4) is 0 Å². The minimum absolute atomic E-state index is 0.0426. The molecule has 2 rings (SSSR count). The third kappa shape index (κ3) is 1.58. The molecule has 3 nitrogen and oxygen atoms in total. The van der Waals surface area contributed by atoms with Crippen LogP contribution < -0.4 is 11.1 Å². The Bertz CT molecular complexity index is 419. The molecule has 0 radical (unpaired) electrons. The van der Waals surface area contributed by atoms with Crippen LogP contribution in [-0.2, 0) is 10.2 Å². The molecule has 3 N–H and O–H groups in total. The van der Waals surface area contributed by atoms with Crippen molar-refractivity contribution in [2.24, 2.45) is 5.73 Å². The van der Waals surface area contributed by atoms with Gasteiger partial charge >= 0.3 is 0 Å². The van der Waals surface area contributed by atoms with E-state index in [0.717, 1.165) is 15.7 Å². The number of hydrogen-bond donors (Lipinski definition) is 2. The predicted molar refractivity (Wildman–Crippen MR) is 63.8 cm³/mol. The van der Waals surface area contributed by atoms with E-state index < -0.39 is 5.41 Å². The van der Waals surface area contributed by atoms with Gasteiger partial charge in [-0.25, -0.2) is 0 Å². The zero-order chi connectivity index (χ0) is 11.1. The van der Waals surface area contributed by atoms with Gasteiger partial charge in [-0.2, -0.15) is 0 Å². The fourth-order valence-corrected chi connectivity index (χ4v) is 2.36. The second-order valence-corrected chi connectivity index (χ2v) is 4.93. The summed E-state index contributed by atoms with van der Waals surface area (Å²) < 4.78 is 0.987. The normalized spacial score (nSPS) is 23.8. The maximum Gasteiger partial charge on any atom is 0.234 e. The van der Waals surface area contributed by atoms with Gasteiger partial charge in [0.15, 0.2) is 0 Å². The van der Waals surface area contributed by atoms with Crippen molar-refractivity contribution in [3.05, 3.63) is 28.2 Å². The summed E-state index contributed by atoms with van der Waals surface area (Å²) in [7, 11) is 0. The van der Waals surface area contributed by atoms with E-state index in [1.807, 2.05) is 25.1 Å². The lowest BCUT2D eigenvalue weighted by Crippen LogP contribution is -2.33. The Labute approximate surface area is 97.2 Å². The van der Waals surface area contributed by atoms with E-state index in [-0.39, 0.29) is 5.91 Å². The van der Waals surface area contributed by atoms with Crippen LogP contribution in [0.4, 0.5) is 5.69 Å². The highest BCUT2D eigenvalue weighted by molar-refractivity contribution is 9.10. The summed E-state index contributed by atoms with van der Waals surface area (Å²) >= 11 is 3.42. The van der Waals surface area contributed by atoms with Gasteiger partial charge in [-0.1, -0.05) is 15.9 Å². The first-order chi connectivity index (χ1) is 7.08. The Morgan fingerprint density at radius 2 is 2.27 bits per heavy atom. The monoisotopic (exact) mass is 268 g/mol. The minimum Gasteiger partial charge on any atom is -0.330 e. The van der Waals surface area contributed by atoms with Gasteiger partial charge in [0.05, 0.1) is 5.41 Å². The fraction of sp³-hybridized carbons (Fsp3) is 0.364. The fourth-order valence-electron chi connectivity index (χ4n) is 2.00. The van der Waals surface area contributed by atoms with Gasteiger partial charge in [-0.15, -0.1) is 0 Å². The highest BCUT2D eigenvalue weighted by Crippen LogP contribution is 2.40. The minimum atomic E-state index is -0.478. The summed E-state index contributed by atoms with van der Waals surface area (Å²) in [6.07, 6.45) is 0.669. The molecule has 1 unspecified atom stereocenters. The van der Waals surface area contributed by atoms with Crippen LogP contribution in [0.15, 0.2) is 22.7 Å². The number of nitrogens with two attached hydrogens (primary N) is 1. The summed E-state index contributed by atoms with van der Waals surface area (Å²) in [5, 5.41) is 2.88. The van der Waals surface area contributed by atoms with Gasteiger partial charge in [-0.05, 0) is 43.7 Å². The number of fused-ring (bicyclic) bond motifs is 1. The summed E-state index contributed by atoms with van der Waals surface area (Å²) in [4.78, 5) is 11.9. The Kier molecular flexibility index (Phi) is 2.56. The average Bonchev–Trinajstić information content (AvgIpc) is 2.42. The van der Waals surface area contributed by atoms with Gasteiger partial charge < -0.3 is 11.1 Å². The smallest absolute Gasteiger partial charge is 0.234 e. The van der Waals surface area contributed by atoms with Crippen LogP contribution in [-0.4, -0.2) is 12.5 Å². The summed E-state index contributed by atoms with van der Waals surface area (Å²) in [6.45, 7) is 2.45. The molecule has 1 aliphatic heterocycles. The van der Waals surface area contributed by atoms with E-state index in [0.29, 0.717) is 13.0 Å². The molecule has 15 heavy (non-hydrogen) atoms. The van der Waals surface area contributed by atoms with Crippen molar-refractivity contribution in [2.45, 2.75) is 18.8 Å². The van der Waals surface area contributed by atoms with Crippen LogP contribution in [0.3, 0.4) is 0 Å². The van der Waals surface area contributed by atoms with Crippen molar-refractivity contribution < 1.29 is 4.79 Å². The average molecular weight is 269 g/mol. The Morgan fingerprint density at radius 3 is 2.93 bits per heavy atom. The van der Waals surface area contributed by atoms with Gasteiger partial charge in [0.2, 0.25) is 5.91 Å². The number of benzene rings is 1. The van der Waals surface area contributed by atoms with Crippen LogP contribution in [0.25, 0.3) is 0 Å². The molecule has 0 aliphatic carbocycles. The molecule has 0 saturated heterocycles. The van der Waals surface area contributed by atoms with E-state index in [1.54, 1.807) is 0 Å². The Hall–Kier alpha value is -0.870. The lowest BCUT2D eigenvalue weighted by atomic mass is 9.81. The molecule has 1 aromatic rings. The summed E-state index contributed by atoms with van der Waals surface area (Å²) in [5.41, 5.74) is 7.02. The molecule has 0 fully saturated rings. The van der Waals surface area contributed by atoms with E-state index >= 15 is 0 Å². The molecule has 0 spiro atoms. The Morgan fingerprint density at radius 1 is 1.53 bits per heavy atom. The first kappa shape index (κ1) is 10.6. The number of rotatable bonds is 2. The maximum absolute atomic E-state index is 11.9. The zero-order valence-corrected chi connectivity index (χ0v) is 10.1. The molecule has 0 bridgehead atoms. The Balaban J connectivity index is 2.52. The number of carbonyl (C=O) groups excluding carboxylic acids is 1. The lowest BCUT2D eigenvalue weighted by molar-refractivity contribution is -0.120. The standard InChI is InChI=1S/C11H13BrN2O/c1-11(4-5-13)8-6-7(12)2-3-9(8)14-10(11)15/h2-3,6H,4-5,13H2,1H3,(H,14,15). The SMILES string of the molecule is CC1(CCN)C(=O)Nc2ccc(Br)cc21. The zero-order valence-electron chi connectivity index (χ0n) is 8.51. The molecule has 80 valence electrons. The van der Waals surface area contributed by atoms with Crippen molar-refractivity contribution in [1.29, 1.82) is 0 Å². The third-order valence-corrected chi connectivity index (χ3v) is 3.46. The largest absolute Gasteiger partial charge is 0.330 e. The van der Waals surface area contributed by atoms with Crippen LogP contribution in [0.2, 0.25) is 0 Å². The number of nitrogens with one attached hydrogen (secondary N) is 1. The number of hydrogen-bond acceptors (Lipinski definition) is 2. The molecule has 4 heteroatoms. The number of anilines is 1. The molecule has 1 amide bonds. The second kappa shape index (κ2) is 3.61. The van der Waals surface area contributed by atoms with E-state index in [1.165, 1.54) is 0 Å².